The van der Waals surface area contributed by atoms with E-state index in [9.17, 15) is 0 Å². The van der Waals surface area contributed by atoms with Crippen LogP contribution in [-0.4, -0.2) is 15.4 Å². The SMILES string of the molecule is Cc1noc(C)c1CNc1nncs1. The predicted octanol–water partition coefficient (Wildman–Crippen LogP) is 1.76. The van der Waals surface area contributed by atoms with Gasteiger partial charge in [0.2, 0.25) is 5.13 Å². The van der Waals surface area contributed by atoms with Crippen LogP contribution < -0.4 is 5.32 Å². The molecule has 0 saturated heterocycles. The molecule has 5 nitrogen and oxygen atoms in total. The lowest BCUT2D eigenvalue weighted by Gasteiger charge is -1.99. The Balaban J connectivity index is 2.05. The van der Waals surface area contributed by atoms with Crippen LogP contribution in [0.3, 0.4) is 0 Å². The van der Waals surface area contributed by atoms with Crippen molar-refractivity contribution in [2.24, 2.45) is 0 Å². The Bertz CT molecular complexity index is 389. The van der Waals surface area contributed by atoms with E-state index < -0.39 is 0 Å². The fourth-order valence-corrected chi connectivity index (χ4v) is 1.61. The Kier molecular flexibility index (Phi) is 2.45. The first-order valence-corrected chi connectivity index (χ1v) is 5.07. The summed E-state index contributed by atoms with van der Waals surface area (Å²) in [4.78, 5) is 0. The third-order valence-electron chi connectivity index (χ3n) is 1.96. The van der Waals surface area contributed by atoms with Gasteiger partial charge in [-0.15, -0.1) is 10.2 Å². The fourth-order valence-electron chi connectivity index (χ4n) is 1.17. The molecule has 0 fully saturated rings. The first kappa shape index (κ1) is 9.14. The average molecular weight is 210 g/mol. The van der Waals surface area contributed by atoms with Crippen LogP contribution in [0.1, 0.15) is 17.0 Å². The second-order valence-electron chi connectivity index (χ2n) is 2.90. The zero-order valence-corrected chi connectivity index (χ0v) is 8.76. The monoisotopic (exact) mass is 210 g/mol. The van der Waals surface area contributed by atoms with Gasteiger partial charge >= 0.3 is 0 Å². The predicted molar refractivity (Wildman–Crippen MR) is 53.2 cm³/mol. The van der Waals surface area contributed by atoms with Crippen molar-refractivity contribution < 1.29 is 4.52 Å². The van der Waals surface area contributed by atoms with E-state index in [-0.39, 0.29) is 0 Å². The normalized spacial score (nSPS) is 10.4. The van der Waals surface area contributed by atoms with Crippen LogP contribution in [0.25, 0.3) is 0 Å². The number of hydrogen-bond acceptors (Lipinski definition) is 6. The molecule has 0 unspecified atom stereocenters. The molecule has 14 heavy (non-hydrogen) atoms. The van der Waals surface area contributed by atoms with Gasteiger partial charge < -0.3 is 9.84 Å². The molecule has 0 aliphatic rings. The van der Waals surface area contributed by atoms with Crippen molar-refractivity contribution in [2.45, 2.75) is 20.4 Å². The lowest BCUT2D eigenvalue weighted by atomic mass is 10.2. The Morgan fingerprint density at radius 1 is 1.50 bits per heavy atom. The topological polar surface area (TPSA) is 63.8 Å². The summed E-state index contributed by atoms with van der Waals surface area (Å²) >= 11 is 1.47. The lowest BCUT2D eigenvalue weighted by molar-refractivity contribution is 0.392. The molecule has 0 spiro atoms. The standard InChI is InChI=1S/C8H10N4OS/c1-5-7(6(2)13-12-5)3-9-8-11-10-4-14-8/h4H,3H2,1-2H3,(H,9,11). The van der Waals surface area contributed by atoms with Crippen molar-refractivity contribution in [3.05, 3.63) is 22.5 Å². The minimum Gasteiger partial charge on any atom is -0.361 e. The molecular weight excluding hydrogens is 200 g/mol. The van der Waals surface area contributed by atoms with E-state index in [1.54, 1.807) is 5.51 Å². The second kappa shape index (κ2) is 3.75. The molecular formula is C8H10N4OS. The van der Waals surface area contributed by atoms with Crippen LogP contribution in [-0.2, 0) is 6.54 Å². The molecule has 2 aromatic heterocycles. The highest BCUT2D eigenvalue weighted by Gasteiger charge is 2.08. The van der Waals surface area contributed by atoms with Crippen molar-refractivity contribution in [3.8, 4) is 0 Å². The van der Waals surface area contributed by atoms with Crippen LogP contribution in [0, 0.1) is 13.8 Å². The van der Waals surface area contributed by atoms with E-state index in [0.29, 0.717) is 6.54 Å². The summed E-state index contributed by atoms with van der Waals surface area (Å²) in [7, 11) is 0. The number of rotatable bonds is 3. The molecule has 2 aromatic rings. The Morgan fingerprint density at radius 3 is 2.93 bits per heavy atom. The van der Waals surface area contributed by atoms with Crippen molar-refractivity contribution >= 4 is 16.5 Å². The van der Waals surface area contributed by atoms with E-state index in [1.807, 2.05) is 13.8 Å². The first-order chi connectivity index (χ1) is 6.77. The van der Waals surface area contributed by atoms with Crippen LogP contribution in [0.2, 0.25) is 0 Å². The summed E-state index contributed by atoms with van der Waals surface area (Å²) in [5.41, 5.74) is 3.69. The molecule has 2 heterocycles. The van der Waals surface area contributed by atoms with Gasteiger partial charge in [-0.25, -0.2) is 0 Å². The maximum atomic E-state index is 5.04. The number of nitrogens with zero attached hydrogens (tertiary/aromatic N) is 3. The summed E-state index contributed by atoms with van der Waals surface area (Å²) in [5.74, 6) is 0.847. The zero-order chi connectivity index (χ0) is 9.97. The van der Waals surface area contributed by atoms with E-state index in [1.165, 1.54) is 11.3 Å². The number of aromatic nitrogens is 3. The van der Waals surface area contributed by atoms with Gasteiger partial charge in [0.05, 0.1) is 5.69 Å². The van der Waals surface area contributed by atoms with E-state index in [4.69, 9.17) is 4.52 Å². The van der Waals surface area contributed by atoms with E-state index in [2.05, 4.69) is 20.7 Å². The molecule has 0 aliphatic carbocycles. The summed E-state index contributed by atoms with van der Waals surface area (Å²) in [6.45, 7) is 4.50. The third-order valence-corrected chi connectivity index (χ3v) is 2.61. The molecule has 0 radical (unpaired) electrons. The minimum absolute atomic E-state index is 0.677. The molecule has 0 saturated carbocycles. The Morgan fingerprint density at radius 2 is 2.36 bits per heavy atom. The van der Waals surface area contributed by atoms with Crippen LogP contribution >= 0.6 is 11.3 Å². The van der Waals surface area contributed by atoms with Crippen LogP contribution in [0.5, 0.6) is 0 Å². The van der Waals surface area contributed by atoms with Gasteiger partial charge in [0.25, 0.3) is 0 Å². The smallest absolute Gasteiger partial charge is 0.205 e. The second-order valence-corrected chi connectivity index (χ2v) is 3.73. The van der Waals surface area contributed by atoms with Gasteiger partial charge in [0.15, 0.2) is 0 Å². The van der Waals surface area contributed by atoms with Crippen molar-refractivity contribution in [3.63, 3.8) is 0 Å². The first-order valence-electron chi connectivity index (χ1n) is 4.19. The molecule has 0 amide bonds. The maximum absolute atomic E-state index is 5.04. The van der Waals surface area contributed by atoms with Gasteiger partial charge in [-0.2, -0.15) is 0 Å². The molecule has 74 valence electrons. The molecule has 0 atom stereocenters. The molecule has 0 aromatic carbocycles. The van der Waals surface area contributed by atoms with Gasteiger partial charge in [0.1, 0.15) is 11.3 Å². The largest absolute Gasteiger partial charge is 0.361 e. The third kappa shape index (κ3) is 1.74. The zero-order valence-electron chi connectivity index (χ0n) is 7.94. The Labute approximate surface area is 85.1 Å². The molecule has 1 N–H and O–H groups in total. The van der Waals surface area contributed by atoms with Crippen LogP contribution in [0.4, 0.5) is 5.13 Å². The van der Waals surface area contributed by atoms with Crippen molar-refractivity contribution in [2.75, 3.05) is 5.32 Å². The highest BCUT2D eigenvalue weighted by atomic mass is 32.1. The molecule has 6 heteroatoms. The van der Waals surface area contributed by atoms with Crippen molar-refractivity contribution in [1.82, 2.24) is 15.4 Å². The molecule has 0 aliphatic heterocycles. The van der Waals surface area contributed by atoms with Gasteiger partial charge in [-0.05, 0) is 13.8 Å². The highest BCUT2D eigenvalue weighted by Crippen LogP contribution is 2.15. The average Bonchev–Trinajstić information content (AvgIpc) is 2.76. The summed E-state index contributed by atoms with van der Waals surface area (Å²) in [6.07, 6.45) is 0. The van der Waals surface area contributed by atoms with Crippen molar-refractivity contribution in [1.29, 1.82) is 0 Å². The summed E-state index contributed by atoms with van der Waals surface area (Å²) in [5, 5.41) is 15.4. The fraction of sp³-hybridized carbons (Fsp3) is 0.375. The lowest BCUT2D eigenvalue weighted by Crippen LogP contribution is -2.00. The minimum atomic E-state index is 0.677. The molecule has 2 rings (SSSR count). The van der Waals surface area contributed by atoms with E-state index >= 15 is 0 Å². The van der Waals surface area contributed by atoms with Gasteiger partial charge in [0, 0.05) is 12.1 Å². The number of anilines is 1. The van der Waals surface area contributed by atoms with Gasteiger partial charge in [-0.1, -0.05) is 16.5 Å². The highest BCUT2D eigenvalue weighted by molar-refractivity contribution is 7.13. The Hall–Kier alpha value is -1.43. The number of hydrogen-bond donors (Lipinski definition) is 1. The number of nitrogens with one attached hydrogen (secondary N) is 1. The molecule has 0 bridgehead atoms. The van der Waals surface area contributed by atoms with Gasteiger partial charge in [-0.3, -0.25) is 0 Å². The van der Waals surface area contributed by atoms with E-state index in [0.717, 1.165) is 22.1 Å². The maximum Gasteiger partial charge on any atom is 0.205 e. The summed E-state index contributed by atoms with van der Waals surface area (Å²) < 4.78 is 5.04. The summed E-state index contributed by atoms with van der Waals surface area (Å²) in [6, 6.07) is 0. The number of aryl methyl sites for hydroxylation is 2. The van der Waals surface area contributed by atoms with Crippen LogP contribution in [0.15, 0.2) is 10.0 Å². The quantitative estimate of drug-likeness (QED) is 0.836.